The van der Waals surface area contributed by atoms with Crippen LogP contribution in [-0.2, 0) is 9.53 Å². The van der Waals surface area contributed by atoms with E-state index in [0.717, 1.165) is 5.56 Å². The molecule has 0 radical (unpaired) electrons. The molecule has 37 heavy (non-hydrogen) atoms. The van der Waals surface area contributed by atoms with Crippen LogP contribution < -0.4 is 29.1 Å². The number of carbonyl (C=O) groups is 1. The summed E-state index contributed by atoms with van der Waals surface area (Å²) >= 11 is 1.25. The molecule has 0 amide bonds. The maximum absolute atomic E-state index is 13.8. The van der Waals surface area contributed by atoms with Crippen LogP contribution in [0.2, 0.25) is 0 Å². The number of methoxy groups -OCH3 is 1. The summed E-state index contributed by atoms with van der Waals surface area (Å²) in [5.74, 6) is 1.24. The number of nitrogens with zero attached hydrogens (tertiary/aromatic N) is 2. The largest absolute Gasteiger partial charge is 0.490 e. The van der Waals surface area contributed by atoms with Crippen LogP contribution in [0.25, 0.3) is 6.08 Å². The number of esters is 1. The van der Waals surface area contributed by atoms with E-state index in [0.29, 0.717) is 45.4 Å². The van der Waals surface area contributed by atoms with Crippen LogP contribution in [0, 0.1) is 0 Å². The van der Waals surface area contributed by atoms with E-state index in [4.69, 9.17) is 18.9 Å². The molecule has 2 heterocycles. The van der Waals surface area contributed by atoms with E-state index in [9.17, 15) is 9.59 Å². The molecule has 0 spiro atoms. The second kappa shape index (κ2) is 11.5. The van der Waals surface area contributed by atoms with E-state index < -0.39 is 12.0 Å². The van der Waals surface area contributed by atoms with Crippen LogP contribution in [0.5, 0.6) is 17.2 Å². The molecule has 1 aromatic heterocycles. The first-order valence-electron chi connectivity index (χ1n) is 12.1. The molecule has 0 unspecified atom stereocenters. The Morgan fingerprint density at radius 2 is 1.81 bits per heavy atom. The normalized spacial score (nSPS) is 15.0. The predicted octanol–water partition coefficient (Wildman–Crippen LogP) is 3.60. The number of hydrogen-bond donors (Lipinski definition) is 0. The van der Waals surface area contributed by atoms with Gasteiger partial charge in [0, 0.05) is 11.8 Å². The summed E-state index contributed by atoms with van der Waals surface area (Å²) in [5.41, 5.74) is 1.44. The van der Waals surface area contributed by atoms with Gasteiger partial charge in [0.2, 0.25) is 0 Å². The molecule has 0 fully saturated rings. The van der Waals surface area contributed by atoms with Crippen molar-refractivity contribution in [2.45, 2.75) is 39.8 Å². The fourth-order valence-electron chi connectivity index (χ4n) is 4.09. The van der Waals surface area contributed by atoms with Crippen molar-refractivity contribution in [3.63, 3.8) is 0 Å². The number of aromatic nitrogens is 1. The monoisotopic (exact) mass is 522 g/mol. The first-order valence-corrected chi connectivity index (χ1v) is 12.9. The zero-order valence-electron chi connectivity index (χ0n) is 21.5. The SMILES string of the molecule is CCOc1ccc([C@@H]2C(C(=O)OC)=CN=c3s/c(=C/c4ccccc4OC(C)C)c(=O)n32)cc1OCC. The maximum Gasteiger partial charge on any atom is 0.337 e. The lowest BCUT2D eigenvalue weighted by molar-refractivity contribution is -0.136. The number of rotatable bonds is 9. The molecule has 0 N–H and O–H groups in total. The summed E-state index contributed by atoms with van der Waals surface area (Å²) in [6.45, 7) is 8.59. The molecule has 3 aromatic rings. The topological polar surface area (TPSA) is 88.4 Å². The Labute approximate surface area is 219 Å². The Kier molecular flexibility index (Phi) is 8.13. The van der Waals surface area contributed by atoms with E-state index in [1.165, 1.54) is 29.2 Å². The predicted molar refractivity (Wildman–Crippen MR) is 142 cm³/mol. The van der Waals surface area contributed by atoms with Crippen molar-refractivity contribution in [1.29, 1.82) is 0 Å². The van der Waals surface area contributed by atoms with Gasteiger partial charge in [-0.15, -0.1) is 0 Å². The van der Waals surface area contributed by atoms with E-state index in [2.05, 4.69) is 4.99 Å². The van der Waals surface area contributed by atoms with Gasteiger partial charge in [-0.3, -0.25) is 9.36 Å². The van der Waals surface area contributed by atoms with Gasteiger partial charge in [0.15, 0.2) is 16.3 Å². The van der Waals surface area contributed by atoms with E-state index in [1.807, 2.05) is 58.0 Å². The zero-order chi connectivity index (χ0) is 26.5. The molecule has 194 valence electrons. The van der Waals surface area contributed by atoms with Crippen molar-refractivity contribution < 1.29 is 23.7 Å². The van der Waals surface area contributed by atoms with Crippen LogP contribution in [-0.4, -0.2) is 37.0 Å². The van der Waals surface area contributed by atoms with Gasteiger partial charge in [-0.2, -0.15) is 0 Å². The number of para-hydroxylation sites is 1. The average Bonchev–Trinajstić information content (AvgIpc) is 3.20. The smallest absolute Gasteiger partial charge is 0.337 e. The van der Waals surface area contributed by atoms with E-state index in [1.54, 1.807) is 18.2 Å². The molecule has 9 heteroatoms. The highest BCUT2D eigenvalue weighted by molar-refractivity contribution is 7.07. The third kappa shape index (κ3) is 5.46. The summed E-state index contributed by atoms with van der Waals surface area (Å²) in [6.07, 6.45) is 3.25. The van der Waals surface area contributed by atoms with Crippen molar-refractivity contribution in [3.8, 4) is 17.2 Å². The van der Waals surface area contributed by atoms with Crippen molar-refractivity contribution >= 4 is 23.4 Å². The highest BCUT2D eigenvalue weighted by Gasteiger charge is 2.31. The minimum atomic E-state index is -0.747. The van der Waals surface area contributed by atoms with Gasteiger partial charge in [-0.1, -0.05) is 35.6 Å². The number of thiazole rings is 1. The Morgan fingerprint density at radius 1 is 1.08 bits per heavy atom. The Hall–Kier alpha value is -3.85. The quantitative estimate of drug-likeness (QED) is 0.399. The minimum Gasteiger partial charge on any atom is -0.490 e. The first kappa shape index (κ1) is 26.2. The Morgan fingerprint density at radius 3 is 2.51 bits per heavy atom. The summed E-state index contributed by atoms with van der Waals surface area (Å²) in [4.78, 5) is 31.4. The average molecular weight is 523 g/mol. The molecular formula is C28H30N2O6S. The minimum absolute atomic E-state index is 0.0161. The lowest BCUT2D eigenvalue weighted by Crippen LogP contribution is -2.39. The molecule has 0 saturated carbocycles. The number of fused-ring (bicyclic) bond motifs is 1. The van der Waals surface area contributed by atoms with Gasteiger partial charge in [0.05, 0.1) is 42.6 Å². The third-order valence-electron chi connectivity index (χ3n) is 5.58. The third-order valence-corrected chi connectivity index (χ3v) is 6.57. The molecule has 1 aliphatic heterocycles. The fraction of sp³-hybridized carbons (Fsp3) is 0.321. The van der Waals surface area contributed by atoms with Crippen molar-refractivity contribution in [2.75, 3.05) is 20.3 Å². The first-order chi connectivity index (χ1) is 17.9. The van der Waals surface area contributed by atoms with Crippen LogP contribution in [0.1, 0.15) is 44.9 Å². The molecule has 1 aliphatic rings. The Balaban J connectivity index is 1.90. The summed E-state index contributed by atoms with van der Waals surface area (Å²) in [7, 11) is 1.31. The molecule has 8 nitrogen and oxygen atoms in total. The van der Waals surface area contributed by atoms with Crippen LogP contribution in [0.3, 0.4) is 0 Å². The van der Waals surface area contributed by atoms with Crippen molar-refractivity contribution in [1.82, 2.24) is 4.57 Å². The zero-order valence-corrected chi connectivity index (χ0v) is 22.3. The lowest BCUT2D eigenvalue weighted by atomic mass is 9.97. The van der Waals surface area contributed by atoms with E-state index in [-0.39, 0.29) is 17.2 Å². The lowest BCUT2D eigenvalue weighted by Gasteiger charge is -2.23. The van der Waals surface area contributed by atoms with Gasteiger partial charge in [0.25, 0.3) is 5.56 Å². The summed E-state index contributed by atoms with van der Waals surface area (Å²) < 4.78 is 24.5. The number of hydrogen-bond acceptors (Lipinski definition) is 8. The molecule has 0 aliphatic carbocycles. The van der Waals surface area contributed by atoms with Crippen LogP contribution in [0.15, 0.2) is 64.0 Å². The van der Waals surface area contributed by atoms with Gasteiger partial charge in [-0.05, 0) is 57.5 Å². The number of carbonyl (C=O) groups excluding carboxylic acids is 1. The summed E-state index contributed by atoms with van der Waals surface area (Å²) in [6, 6.07) is 12.2. The van der Waals surface area contributed by atoms with Gasteiger partial charge < -0.3 is 18.9 Å². The van der Waals surface area contributed by atoms with Crippen LogP contribution in [0.4, 0.5) is 0 Å². The number of ether oxygens (including phenoxy) is 4. The second-order valence-electron chi connectivity index (χ2n) is 8.45. The molecule has 1 atom stereocenters. The highest BCUT2D eigenvalue weighted by atomic mass is 32.1. The van der Waals surface area contributed by atoms with Crippen molar-refractivity contribution in [3.05, 3.63) is 85.1 Å². The number of benzene rings is 2. The van der Waals surface area contributed by atoms with Gasteiger partial charge in [-0.25, -0.2) is 9.79 Å². The molecule has 0 bridgehead atoms. The molecule has 4 rings (SSSR count). The van der Waals surface area contributed by atoms with E-state index >= 15 is 0 Å². The maximum atomic E-state index is 13.8. The molecule has 2 aromatic carbocycles. The fourth-order valence-corrected chi connectivity index (χ4v) is 5.05. The molecule has 0 saturated heterocycles. The Bertz CT molecular complexity index is 1500. The standard InChI is InChI=1S/C28H30N2O6S/c1-6-34-22-13-12-19(14-23(22)35-7-2)25-20(27(32)33-5)16-29-28-30(25)26(31)24(37-28)15-18-10-8-9-11-21(18)36-17(3)4/h8-17,25H,6-7H2,1-5H3/b24-15+/t25-/m1/s1. The second-order valence-corrected chi connectivity index (χ2v) is 9.46. The van der Waals surface area contributed by atoms with Crippen molar-refractivity contribution in [2.24, 2.45) is 4.99 Å². The van der Waals surface area contributed by atoms with Crippen LogP contribution >= 0.6 is 11.3 Å². The van der Waals surface area contributed by atoms with Gasteiger partial charge in [0.1, 0.15) is 5.75 Å². The summed E-state index contributed by atoms with van der Waals surface area (Å²) in [5, 5.41) is 0. The van der Waals surface area contributed by atoms with Gasteiger partial charge >= 0.3 is 5.97 Å². The molecular weight excluding hydrogens is 492 g/mol. The highest BCUT2D eigenvalue weighted by Crippen LogP contribution is 2.35.